The molecule has 0 saturated carbocycles. The van der Waals surface area contributed by atoms with E-state index in [9.17, 15) is 19.5 Å². The Labute approximate surface area is 208 Å². The largest absolute Gasteiger partial charge is 0.508 e. The number of hydrogen-bond donors (Lipinski definition) is 2. The summed E-state index contributed by atoms with van der Waals surface area (Å²) >= 11 is 0. The van der Waals surface area contributed by atoms with Crippen molar-refractivity contribution in [3.05, 3.63) is 112 Å². The van der Waals surface area contributed by atoms with Gasteiger partial charge in [0, 0.05) is 0 Å². The molecule has 5 rings (SSSR count). The van der Waals surface area contributed by atoms with Gasteiger partial charge in [0.25, 0.3) is 11.8 Å². The lowest BCUT2D eigenvalue weighted by atomic mass is 9.91. The Hall–Kier alpha value is -4.71. The first-order valence-electron chi connectivity index (χ1n) is 11.6. The maximum atomic E-state index is 13.4. The molecule has 36 heavy (non-hydrogen) atoms. The second-order valence-corrected chi connectivity index (χ2v) is 9.01. The molecule has 1 aliphatic heterocycles. The topological polar surface area (TPSA) is 86.7 Å². The molecule has 4 amide bonds. The van der Waals surface area contributed by atoms with E-state index in [0.717, 1.165) is 43.5 Å². The van der Waals surface area contributed by atoms with Crippen LogP contribution in [0, 0.1) is 13.8 Å². The molecule has 6 nitrogen and oxygen atoms in total. The molecule has 0 unspecified atom stereocenters. The summed E-state index contributed by atoms with van der Waals surface area (Å²) < 4.78 is 0. The van der Waals surface area contributed by atoms with Crippen LogP contribution in [0.5, 0.6) is 5.75 Å². The number of benzene rings is 4. The lowest BCUT2D eigenvalue weighted by Crippen LogP contribution is -2.54. The monoisotopic (exact) mass is 476 g/mol. The Balaban J connectivity index is 1.64. The molecule has 6 heteroatoms. The van der Waals surface area contributed by atoms with Crippen molar-refractivity contribution in [1.82, 2.24) is 5.32 Å². The molecule has 0 aliphatic carbocycles. The van der Waals surface area contributed by atoms with Gasteiger partial charge in [0.15, 0.2) is 0 Å². The number of rotatable bonds is 4. The highest BCUT2D eigenvalue weighted by molar-refractivity contribution is 6.39. The van der Waals surface area contributed by atoms with E-state index in [4.69, 9.17) is 0 Å². The van der Waals surface area contributed by atoms with Crippen LogP contribution < -0.4 is 10.2 Å². The average Bonchev–Trinajstić information content (AvgIpc) is 2.83. The Bertz CT molecular complexity index is 1550. The van der Waals surface area contributed by atoms with Gasteiger partial charge in [-0.15, -0.1) is 0 Å². The molecule has 4 aromatic rings. The number of imide groups is 2. The molecule has 0 aromatic heterocycles. The van der Waals surface area contributed by atoms with Crippen LogP contribution in [0.25, 0.3) is 16.8 Å². The number of phenolic OH excluding ortho intramolecular Hbond substituents is 1. The molecule has 1 fully saturated rings. The highest BCUT2D eigenvalue weighted by atomic mass is 16.3. The lowest BCUT2D eigenvalue weighted by Gasteiger charge is -2.26. The van der Waals surface area contributed by atoms with E-state index in [1.807, 2.05) is 36.4 Å². The number of aromatic hydroxyl groups is 1. The summed E-state index contributed by atoms with van der Waals surface area (Å²) in [7, 11) is 0. The van der Waals surface area contributed by atoms with Crippen molar-refractivity contribution in [2.45, 2.75) is 20.3 Å². The predicted molar refractivity (Wildman–Crippen MR) is 140 cm³/mol. The first-order valence-corrected chi connectivity index (χ1v) is 11.6. The maximum Gasteiger partial charge on any atom is 0.335 e. The number of barbiturate groups is 1. The number of anilines is 1. The van der Waals surface area contributed by atoms with Crippen molar-refractivity contribution in [2.24, 2.45) is 0 Å². The van der Waals surface area contributed by atoms with E-state index in [1.165, 1.54) is 24.3 Å². The minimum Gasteiger partial charge on any atom is -0.508 e. The molecule has 0 spiro atoms. The maximum absolute atomic E-state index is 13.4. The summed E-state index contributed by atoms with van der Waals surface area (Å²) in [5.41, 5.74) is 5.28. The van der Waals surface area contributed by atoms with Crippen LogP contribution in [-0.4, -0.2) is 23.0 Å². The number of carbonyl (C=O) groups is 3. The number of phenols is 1. The second-order valence-electron chi connectivity index (χ2n) is 9.01. The third-order valence-corrected chi connectivity index (χ3v) is 6.24. The minimum atomic E-state index is -0.832. The summed E-state index contributed by atoms with van der Waals surface area (Å²) in [4.78, 5) is 39.8. The van der Waals surface area contributed by atoms with Gasteiger partial charge in [-0.1, -0.05) is 65.7 Å². The number of hydrogen-bond acceptors (Lipinski definition) is 4. The molecule has 1 heterocycles. The molecule has 178 valence electrons. The molecular formula is C30H24N2O4. The van der Waals surface area contributed by atoms with E-state index in [1.54, 1.807) is 6.08 Å². The molecule has 4 aromatic carbocycles. The number of carbonyl (C=O) groups excluding carboxylic acids is 3. The van der Waals surface area contributed by atoms with Crippen molar-refractivity contribution in [1.29, 1.82) is 0 Å². The van der Waals surface area contributed by atoms with E-state index in [0.29, 0.717) is 6.42 Å². The fourth-order valence-corrected chi connectivity index (χ4v) is 4.69. The first kappa shape index (κ1) is 23.1. The molecule has 0 bridgehead atoms. The van der Waals surface area contributed by atoms with Crippen molar-refractivity contribution in [3.8, 4) is 5.75 Å². The van der Waals surface area contributed by atoms with Gasteiger partial charge in [-0.05, 0) is 78.1 Å². The van der Waals surface area contributed by atoms with Crippen LogP contribution in [0.4, 0.5) is 10.5 Å². The fourth-order valence-electron chi connectivity index (χ4n) is 4.69. The summed E-state index contributed by atoms with van der Waals surface area (Å²) in [6, 6.07) is 23.0. The Morgan fingerprint density at radius 3 is 2.28 bits per heavy atom. The van der Waals surface area contributed by atoms with Crippen LogP contribution in [0.15, 0.2) is 84.4 Å². The summed E-state index contributed by atoms with van der Waals surface area (Å²) in [5, 5.41) is 13.7. The number of fused-ring (bicyclic) bond motifs is 1. The van der Waals surface area contributed by atoms with Gasteiger partial charge in [-0.25, -0.2) is 9.69 Å². The van der Waals surface area contributed by atoms with Crippen LogP contribution >= 0.6 is 0 Å². The zero-order chi connectivity index (χ0) is 25.4. The molecule has 1 aliphatic rings. The number of nitrogens with zero attached hydrogens (tertiary/aromatic N) is 1. The minimum absolute atomic E-state index is 0.00208. The second kappa shape index (κ2) is 9.15. The standard InChI is InChI=1S/C30H24N2O4/c1-18-13-19(2)15-20(14-18)16-22-8-7-21-5-3-4-6-25(21)26(22)17-27-28(34)31-30(36)32(29(27)35)23-9-11-24(33)12-10-23/h3-15,17,33H,16H2,1-2H3,(H,31,34,36)/b27-17+. The van der Waals surface area contributed by atoms with Gasteiger partial charge in [0.05, 0.1) is 5.69 Å². The normalized spacial score (nSPS) is 15.0. The molecular weight excluding hydrogens is 452 g/mol. The van der Waals surface area contributed by atoms with Crippen LogP contribution in [0.1, 0.15) is 27.8 Å². The molecule has 1 saturated heterocycles. The van der Waals surface area contributed by atoms with Crippen molar-refractivity contribution in [2.75, 3.05) is 4.90 Å². The summed E-state index contributed by atoms with van der Waals surface area (Å²) in [5.74, 6) is -1.47. The highest BCUT2D eigenvalue weighted by Gasteiger charge is 2.37. The Kier molecular flexibility index (Phi) is 5.86. The number of amides is 4. The SMILES string of the molecule is Cc1cc(C)cc(Cc2ccc3ccccc3c2/C=C2\C(=O)NC(=O)N(c3ccc(O)cc3)C2=O)c1. The Morgan fingerprint density at radius 2 is 1.56 bits per heavy atom. The van der Waals surface area contributed by atoms with Crippen LogP contribution in [0.2, 0.25) is 0 Å². The quantitative estimate of drug-likeness (QED) is 0.304. The van der Waals surface area contributed by atoms with Gasteiger partial charge >= 0.3 is 6.03 Å². The van der Waals surface area contributed by atoms with E-state index in [-0.39, 0.29) is 17.0 Å². The van der Waals surface area contributed by atoms with Crippen molar-refractivity contribution >= 4 is 40.4 Å². The van der Waals surface area contributed by atoms with Gasteiger partial charge in [0.1, 0.15) is 11.3 Å². The van der Waals surface area contributed by atoms with E-state index < -0.39 is 17.8 Å². The van der Waals surface area contributed by atoms with E-state index >= 15 is 0 Å². The van der Waals surface area contributed by atoms with Gasteiger partial charge in [-0.2, -0.15) is 0 Å². The summed E-state index contributed by atoms with van der Waals surface area (Å²) in [6.45, 7) is 4.11. The predicted octanol–water partition coefficient (Wildman–Crippen LogP) is 5.42. The zero-order valence-corrected chi connectivity index (χ0v) is 19.9. The van der Waals surface area contributed by atoms with Crippen LogP contribution in [-0.2, 0) is 16.0 Å². The third kappa shape index (κ3) is 4.36. The number of urea groups is 1. The molecule has 0 radical (unpaired) electrons. The van der Waals surface area contributed by atoms with Gasteiger partial charge < -0.3 is 5.11 Å². The number of nitrogens with one attached hydrogen (secondary N) is 1. The first-order chi connectivity index (χ1) is 17.3. The van der Waals surface area contributed by atoms with Crippen molar-refractivity contribution in [3.63, 3.8) is 0 Å². The average molecular weight is 477 g/mol. The van der Waals surface area contributed by atoms with E-state index in [2.05, 4.69) is 37.4 Å². The third-order valence-electron chi connectivity index (χ3n) is 6.24. The van der Waals surface area contributed by atoms with Crippen molar-refractivity contribution < 1.29 is 19.5 Å². The molecule has 0 atom stereocenters. The molecule has 2 N–H and O–H groups in total. The van der Waals surface area contributed by atoms with Gasteiger partial charge in [-0.3, -0.25) is 14.9 Å². The zero-order valence-electron chi connectivity index (χ0n) is 19.9. The fraction of sp³-hybridized carbons (Fsp3) is 0.100. The Morgan fingerprint density at radius 1 is 0.861 bits per heavy atom. The number of aryl methyl sites for hydroxylation is 2. The smallest absolute Gasteiger partial charge is 0.335 e. The van der Waals surface area contributed by atoms with Crippen LogP contribution in [0.3, 0.4) is 0 Å². The summed E-state index contributed by atoms with van der Waals surface area (Å²) in [6.07, 6.45) is 2.20. The lowest BCUT2D eigenvalue weighted by molar-refractivity contribution is -0.122. The highest BCUT2D eigenvalue weighted by Crippen LogP contribution is 2.30. The van der Waals surface area contributed by atoms with Gasteiger partial charge in [0.2, 0.25) is 0 Å².